The van der Waals surface area contributed by atoms with E-state index >= 15 is 4.39 Å². The number of benzene rings is 1. The SMILES string of the molecule is COC(=O)[C@@H]1CSc2c(C3CC3)c(C(F)c3ccccc3)cc(=O)n21. The van der Waals surface area contributed by atoms with E-state index in [0.717, 1.165) is 23.4 Å². The molecule has 0 saturated heterocycles. The molecule has 1 aromatic carbocycles. The van der Waals surface area contributed by atoms with Gasteiger partial charge in [0.25, 0.3) is 5.56 Å². The molecule has 1 saturated carbocycles. The summed E-state index contributed by atoms with van der Waals surface area (Å²) >= 11 is 1.45. The lowest BCUT2D eigenvalue weighted by Gasteiger charge is -2.19. The van der Waals surface area contributed by atoms with Crippen molar-refractivity contribution >= 4 is 17.7 Å². The van der Waals surface area contributed by atoms with E-state index in [9.17, 15) is 9.59 Å². The fourth-order valence-electron chi connectivity index (χ4n) is 3.41. The molecule has 1 aromatic heterocycles. The fourth-order valence-corrected chi connectivity index (χ4v) is 4.81. The number of ether oxygens (including phenoxy) is 1. The molecule has 1 aliphatic heterocycles. The molecule has 6 heteroatoms. The van der Waals surface area contributed by atoms with Gasteiger partial charge in [0.05, 0.1) is 12.1 Å². The lowest BCUT2D eigenvalue weighted by atomic mass is 9.96. The Morgan fingerprint density at radius 2 is 2.04 bits per heavy atom. The Morgan fingerprint density at radius 3 is 2.68 bits per heavy atom. The topological polar surface area (TPSA) is 48.3 Å². The molecular weight excluding hydrogens is 341 g/mol. The van der Waals surface area contributed by atoms with Gasteiger partial charge in [-0.3, -0.25) is 9.36 Å². The Balaban J connectivity index is 1.86. The van der Waals surface area contributed by atoms with Crippen LogP contribution < -0.4 is 5.56 Å². The van der Waals surface area contributed by atoms with Crippen molar-refractivity contribution in [2.75, 3.05) is 12.9 Å². The van der Waals surface area contributed by atoms with E-state index in [2.05, 4.69) is 0 Å². The third-order valence-electron chi connectivity index (χ3n) is 4.79. The number of aromatic nitrogens is 1. The maximum atomic E-state index is 15.2. The number of thioether (sulfide) groups is 1. The van der Waals surface area contributed by atoms with Gasteiger partial charge in [-0.2, -0.15) is 0 Å². The van der Waals surface area contributed by atoms with Crippen LogP contribution in [-0.2, 0) is 9.53 Å². The first-order valence-corrected chi connectivity index (χ1v) is 9.29. The van der Waals surface area contributed by atoms with Gasteiger partial charge in [-0.05, 0) is 29.9 Å². The molecule has 25 heavy (non-hydrogen) atoms. The highest BCUT2D eigenvalue weighted by molar-refractivity contribution is 7.99. The minimum atomic E-state index is -1.34. The van der Waals surface area contributed by atoms with Gasteiger partial charge in [-0.1, -0.05) is 30.3 Å². The maximum absolute atomic E-state index is 15.2. The average Bonchev–Trinajstić information content (AvgIpc) is 3.38. The lowest BCUT2D eigenvalue weighted by molar-refractivity contribution is -0.143. The number of methoxy groups -OCH3 is 1. The molecule has 2 aliphatic rings. The van der Waals surface area contributed by atoms with Crippen LogP contribution >= 0.6 is 11.8 Å². The van der Waals surface area contributed by atoms with Gasteiger partial charge in [0, 0.05) is 17.4 Å². The second kappa shape index (κ2) is 6.33. The summed E-state index contributed by atoms with van der Waals surface area (Å²) in [6.45, 7) is 0. The first-order valence-electron chi connectivity index (χ1n) is 8.30. The van der Waals surface area contributed by atoms with E-state index in [1.807, 2.05) is 6.07 Å². The average molecular weight is 359 g/mol. The Morgan fingerprint density at radius 1 is 1.32 bits per heavy atom. The molecule has 2 atom stereocenters. The summed E-state index contributed by atoms with van der Waals surface area (Å²) < 4.78 is 21.6. The van der Waals surface area contributed by atoms with Gasteiger partial charge in [-0.15, -0.1) is 11.8 Å². The standard InChI is InChI=1S/C19H18FNO3S/c1-24-19(23)14-10-25-18-16(11-7-8-11)13(9-15(22)21(14)18)17(20)12-5-3-2-4-6-12/h2-6,9,11,14,17H,7-8,10H2,1H3/t14-,17?/m0/s1. The van der Waals surface area contributed by atoms with Gasteiger partial charge in [0.15, 0.2) is 6.17 Å². The van der Waals surface area contributed by atoms with Crippen LogP contribution in [0, 0.1) is 0 Å². The molecule has 0 spiro atoms. The monoisotopic (exact) mass is 359 g/mol. The first kappa shape index (κ1) is 16.4. The number of alkyl halides is 1. The van der Waals surface area contributed by atoms with Crippen molar-refractivity contribution in [3.63, 3.8) is 0 Å². The summed E-state index contributed by atoms with van der Waals surface area (Å²) in [7, 11) is 1.32. The minimum Gasteiger partial charge on any atom is -0.467 e. The van der Waals surface area contributed by atoms with E-state index < -0.39 is 18.2 Å². The normalized spacial score (nSPS) is 20.2. The molecule has 0 N–H and O–H groups in total. The van der Waals surface area contributed by atoms with Crippen molar-refractivity contribution in [1.82, 2.24) is 4.57 Å². The number of carbonyl (C=O) groups is 1. The summed E-state index contributed by atoms with van der Waals surface area (Å²) in [5.74, 6) is 0.290. The zero-order chi connectivity index (χ0) is 17.6. The van der Waals surface area contributed by atoms with Crippen LogP contribution in [0.1, 0.15) is 47.7 Å². The zero-order valence-electron chi connectivity index (χ0n) is 13.8. The van der Waals surface area contributed by atoms with Crippen molar-refractivity contribution < 1.29 is 13.9 Å². The number of rotatable bonds is 4. The van der Waals surface area contributed by atoms with E-state index in [-0.39, 0.29) is 11.5 Å². The number of carbonyl (C=O) groups excluding carboxylic acids is 1. The van der Waals surface area contributed by atoms with E-state index in [4.69, 9.17) is 4.74 Å². The molecule has 0 bridgehead atoms. The molecule has 0 radical (unpaired) electrons. The van der Waals surface area contributed by atoms with Gasteiger partial charge in [-0.25, -0.2) is 9.18 Å². The van der Waals surface area contributed by atoms with Crippen LogP contribution in [-0.4, -0.2) is 23.4 Å². The molecule has 130 valence electrons. The van der Waals surface area contributed by atoms with Crippen LogP contribution in [0.15, 0.2) is 46.2 Å². The summed E-state index contributed by atoms with van der Waals surface area (Å²) in [6, 6.07) is 9.64. The number of esters is 1. The summed E-state index contributed by atoms with van der Waals surface area (Å²) in [4.78, 5) is 24.7. The third-order valence-corrected chi connectivity index (χ3v) is 5.96. The second-order valence-electron chi connectivity index (χ2n) is 6.42. The van der Waals surface area contributed by atoms with Gasteiger partial charge in [0.1, 0.15) is 6.04 Å². The zero-order valence-corrected chi connectivity index (χ0v) is 14.6. The maximum Gasteiger partial charge on any atom is 0.329 e. The van der Waals surface area contributed by atoms with Crippen molar-refractivity contribution in [3.05, 3.63) is 63.4 Å². The molecule has 1 aliphatic carbocycles. The van der Waals surface area contributed by atoms with E-state index in [1.165, 1.54) is 29.5 Å². The first-order chi connectivity index (χ1) is 12.1. The summed E-state index contributed by atoms with van der Waals surface area (Å²) in [5.41, 5.74) is 1.55. The molecule has 4 nitrogen and oxygen atoms in total. The molecular formula is C19H18FNO3S. The Labute approximate surface area is 149 Å². The third kappa shape index (κ3) is 2.78. The van der Waals surface area contributed by atoms with Gasteiger partial charge in [0.2, 0.25) is 0 Å². The van der Waals surface area contributed by atoms with Crippen LogP contribution in [0.5, 0.6) is 0 Å². The lowest BCUT2D eigenvalue weighted by Crippen LogP contribution is -2.30. The number of hydrogen-bond acceptors (Lipinski definition) is 4. The molecule has 2 heterocycles. The Kier molecular flexibility index (Phi) is 4.15. The van der Waals surface area contributed by atoms with Crippen LogP contribution in [0.25, 0.3) is 0 Å². The van der Waals surface area contributed by atoms with E-state index in [0.29, 0.717) is 16.9 Å². The van der Waals surface area contributed by atoms with Crippen molar-refractivity contribution in [3.8, 4) is 0 Å². The number of halogens is 1. The van der Waals surface area contributed by atoms with Crippen molar-refractivity contribution in [2.24, 2.45) is 0 Å². The highest BCUT2D eigenvalue weighted by Crippen LogP contribution is 2.50. The summed E-state index contributed by atoms with van der Waals surface area (Å²) in [5, 5.41) is 0.735. The number of fused-ring (bicyclic) bond motifs is 1. The van der Waals surface area contributed by atoms with Gasteiger partial charge < -0.3 is 4.74 Å². The quantitative estimate of drug-likeness (QED) is 0.783. The summed E-state index contributed by atoms with van der Waals surface area (Å²) in [6.07, 6.45) is 0.639. The molecule has 0 amide bonds. The van der Waals surface area contributed by atoms with Crippen molar-refractivity contribution in [2.45, 2.75) is 36.0 Å². The number of hydrogen-bond donors (Lipinski definition) is 0. The predicted octanol–water partition coefficient (Wildman–Crippen LogP) is 3.60. The minimum absolute atomic E-state index is 0.266. The largest absolute Gasteiger partial charge is 0.467 e. The molecule has 1 fully saturated rings. The predicted molar refractivity (Wildman–Crippen MR) is 93.8 cm³/mol. The highest BCUT2D eigenvalue weighted by atomic mass is 32.2. The molecule has 1 unspecified atom stereocenters. The molecule has 2 aromatic rings. The van der Waals surface area contributed by atoms with Crippen LogP contribution in [0.3, 0.4) is 0 Å². The van der Waals surface area contributed by atoms with Crippen LogP contribution in [0.4, 0.5) is 4.39 Å². The number of pyridine rings is 1. The van der Waals surface area contributed by atoms with Crippen molar-refractivity contribution in [1.29, 1.82) is 0 Å². The van der Waals surface area contributed by atoms with Gasteiger partial charge >= 0.3 is 5.97 Å². The second-order valence-corrected chi connectivity index (χ2v) is 7.43. The molecule has 4 rings (SSSR count). The van der Waals surface area contributed by atoms with E-state index in [1.54, 1.807) is 24.3 Å². The smallest absolute Gasteiger partial charge is 0.329 e. The Hall–Kier alpha value is -2.08. The Bertz CT molecular complexity index is 876. The highest BCUT2D eigenvalue weighted by Gasteiger charge is 2.39. The number of nitrogens with zero attached hydrogens (tertiary/aromatic N) is 1. The van der Waals surface area contributed by atoms with Crippen LogP contribution in [0.2, 0.25) is 0 Å². The fraction of sp³-hybridized carbons (Fsp3) is 0.368.